The molecule has 0 N–H and O–H groups in total. The van der Waals surface area contributed by atoms with Gasteiger partial charge < -0.3 is 9.64 Å². The number of unbranched alkanes of at least 4 members (excludes halogenated alkanes) is 1. The first-order valence-corrected chi connectivity index (χ1v) is 5.48. The lowest BCUT2D eigenvalue weighted by Gasteiger charge is -2.20. The summed E-state index contributed by atoms with van der Waals surface area (Å²) in [5.74, 6) is 0.749. The molecule has 1 aromatic rings. The smallest absolute Gasteiger partial charge is 0.120 e. The molecule has 0 spiro atoms. The van der Waals surface area contributed by atoms with Crippen molar-refractivity contribution in [2.24, 2.45) is 0 Å². The monoisotopic (exact) mass is 238 g/mol. The number of anilines is 1. The van der Waals surface area contributed by atoms with Crippen molar-refractivity contribution < 1.29 is 4.74 Å². The Morgan fingerprint density at radius 3 is 2.81 bits per heavy atom. The summed E-state index contributed by atoms with van der Waals surface area (Å²) in [5.41, 5.74) is 0.959. The van der Waals surface area contributed by atoms with Crippen LogP contribution in [0.1, 0.15) is 12.8 Å². The topological polar surface area (TPSA) is 36.3 Å². The second-order valence-corrected chi connectivity index (χ2v) is 3.91. The van der Waals surface area contributed by atoms with Crippen LogP contribution in [0, 0.1) is 11.3 Å². The van der Waals surface area contributed by atoms with E-state index in [4.69, 9.17) is 21.6 Å². The summed E-state index contributed by atoms with van der Waals surface area (Å²) in [6.07, 6.45) is 1.41. The Morgan fingerprint density at radius 2 is 2.25 bits per heavy atom. The van der Waals surface area contributed by atoms with Gasteiger partial charge in [-0.2, -0.15) is 5.26 Å². The number of hydrogen-bond acceptors (Lipinski definition) is 3. The van der Waals surface area contributed by atoms with Gasteiger partial charge in [-0.05, 0) is 18.6 Å². The van der Waals surface area contributed by atoms with Crippen LogP contribution in [0.5, 0.6) is 5.75 Å². The fraction of sp³-hybridized carbons (Fsp3) is 0.417. The minimum absolute atomic E-state index is 0.568. The molecule has 4 heteroatoms. The number of nitriles is 1. The third-order valence-electron chi connectivity index (χ3n) is 2.35. The van der Waals surface area contributed by atoms with Crippen molar-refractivity contribution in [3.05, 3.63) is 23.2 Å². The van der Waals surface area contributed by atoms with Gasteiger partial charge in [-0.15, -0.1) is 0 Å². The molecule has 16 heavy (non-hydrogen) atoms. The van der Waals surface area contributed by atoms with E-state index in [0.717, 1.165) is 24.4 Å². The lowest BCUT2D eigenvalue weighted by Crippen LogP contribution is -2.18. The highest BCUT2D eigenvalue weighted by molar-refractivity contribution is 6.33. The van der Waals surface area contributed by atoms with E-state index in [1.54, 1.807) is 13.2 Å². The molecule has 0 unspecified atom stereocenters. The first kappa shape index (κ1) is 12.7. The Balaban J connectivity index is 2.68. The maximum Gasteiger partial charge on any atom is 0.120 e. The minimum Gasteiger partial charge on any atom is -0.497 e. The number of nitrogens with zero attached hydrogens (tertiary/aromatic N) is 2. The van der Waals surface area contributed by atoms with E-state index >= 15 is 0 Å². The van der Waals surface area contributed by atoms with Crippen LogP contribution in [-0.2, 0) is 0 Å². The second kappa shape index (κ2) is 6.24. The van der Waals surface area contributed by atoms with Crippen LogP contribution in [0.4, 0.5) is 5.69 Å². The zero-order chi connectivity index (χ0) is 12.0. The van der Waals surface area contributed by atoms with E-state index in [9.17, 15) is 0 Å². The molecule has 0 fully saturated rings. The molecular formula is C12H15ClN2O. The van der Waals surface area contributed by atoms with Crippen LogP contribution in [0.2, 0.25) is 5.02 Å². The Morgan fingerprint density at radius 1 is 1.50 bits per heavy atom. The first-order chi connectivity index (χ1) is 7.69. The SMILES string of the molecule is COc1ccc(N(C)CCCC#N)c(Cl)c1. The van der Waals surface area contributed by atoms with Gasteiger partial charge in [0.2, 0.25) is 0 Å². The summed E-state index contributed by atoms with van der Waals surface area (Å²) in [6, 6.07) is 7.72. The Kier molecular flexibility index (Phi) is 4.94. The van der Waals surface area contributed by atoms with E-state index in [-0.39, 0.29) is 0 Å². The predicted molar refractivity (Wildman–Crippen MR) is 66.1 cm³/mol. The summed E-state index contributed by atoms with van der Waals surface area (Å²) >= 11 is 6.13. The molecule has 1 aromatic carbocycles. The average molecular weight is 239 g/mol. The third-order valence-corrected chi connectivity index (χ3v) is 2.65. The summed E-state index contributed by atoms with van der Waals surface area (Å²) < 4.78 is 5.08. The van der Waals surface area contributed by atoms with Gasteiger partial charge >= 0.3 is 0 Å². The van der Waals surface area contributed by atoms with Crippen molar-refractivity contribution in [3.8, 4) is 11.8 Å². The molecule has 0 aliphatic carbocycles. The maximum atomic E-state index is 8.46. The number of methoxy groups -OCH3 is 1. The number of rotatable bonds is 5. The summed E-state index contributed by atoms with van der Waals surface area (Å²) in [4.78, 5) is 2.04. The molecule has 3 nitrogen and oxygen atoms in total. The molecule has 0 saturated carbocycles. The van der Waals surface area contributed by atoms with Crippen LogP contribution in [0.15, 0.2) is 18.2 Å². The van der Waals surface area contributed by atoms with Gasteiger partial charge in [0.15, 0.2) is 0 Å². The van der Waals surface area contributed by atoms with Crippen molar-refractivity contribution in [2.75, 3.05) is 25.6 Å². The van der Waals surface area contributed by atoms with Gasteiger partial charge in [-0.3, -0.25) is 0 Å². The van der Waals surface area contributed by atoms with Crippen LogP contribution in [0.3, 0.4) is 0 Å². The molecule has 0 aliphatic heterocycles. The summed E-state index contributed by atoms with van der Waals surface area (Å²) in [5, 5.41) is 9.13. The summed E-state index contributed by atoms with van der Waals surface area (Å²) in [7, 11) is 3.58. The second-order valence-electron chi connectivity index (χ2n) is 3.50. The molecule has 0 atom stereocenters. The maximum absolute atomic E-state index is 8.46. The third kappa shape index (κ3) is 3.32. The fourth-order valence-corrected chi connectivity index (χ4v) is 1.75. The average Bonchev–Trinajstić information content (AvgIpc) is 2.29. The molecule has 0 heterocycles. The van der Waals surface area contributed by atoms with Crippen molar-refractivity contribution >= 4 is 17.3 Å². The molecule has 0 amide bonds. The van der Waals surface area contributed by atoms with Gasteiger partial charge in [0.25, 0.3) is 0 Å². The van der Waals surface area contributed by atoms with Crippen LogP contribution in [-0.4, -0.2) is 20.7 Å². The number of benzene rings is 1. The Hall–Kier alpha value is -1.40. The van der Waals surface area contributed by atoms with E-state index in [2.05, 4.69) is 6.07 Å². The highest BCUT2D eigenvalue weighted by Gasteiger charge is 2.06. The van der Waals surface area contributed by atoms with E-state index in [0.29, 0.717) is 11.4 Å². The van der Waals surface area contributed by atoms with E-state index in [1.807, 2.05) is 24.1 Å². The molecule has 0 aromatic heterocycles. The molecule has 0 bridgehead atoms. The zero-order valence-corrected chi connectivity index (χ0v) is 10.3. The van der Waals surface area contributed by atoms with Gasteiger partial charge in [0, 0.05) is 26.1 Å². The van der Waals surface area contributed by atoms with Gasteiger partial charge in [-0.25, -0.2) is 0 Å². The largest absolute Gasteiger partial charge is 0.497 e. The van der Waals surface area contributed by atoms with E-state index in [1.165, 1.54) is 0 Å². The standard InChI is InChI=1S/C12H15ClN2O/c1-15(8-4-3-7-14)12-6-5-10(16-2)9-11(12)13/h5-6,9H,3-4,8H2,1-2H3. The normalized spacial score (nSPS) is 9.62. The molecule has 86 valence electrons. The van der Waals surface area contributed by atoms with Gasteiger partial charge in [-0.1, -0.05) is 11.6 Å². The van der Waals surface area contributed by atoms with Crippen LogP contribution in [0.25, 0.3) is 0 Å². The summed E-state index contributed by atoms with van der Waals surface area (Å²) in [6.45, 7) is 0.819. The Labute approximate surface area is 101 Å². The van der Waals surface area contributed by atoms with Gasteiger partial charge in [0.1, 0.15) is 5.75 Å². The Bertz CT molecular complexity index is 387. The molecule has 1 rings (SSSR count). The molecular weight excluding hydrogens is 224 g/mol. The highest BCUT2D eigenvalue weighted by atomic mass is 35.5. The highest BCUT2D eigenvalue weighted by Crippen LogP contribution is 2.29. The minimum atomic E-state index is 0.568. The molecule has 0 saturated heterocycles. The molecule has 0 aliphatic rings. The van der Waals surface area contributed by atoms with Crippen molar-refractivity contribution in [1.82, 2.24) is 0 Å². The van der Waals surface area contributed by atoms with Crippen molar-refractivity contribution in [2.45, 2.75) is 12.8 Å². The first-order valence-electron chi connectivity index (χ1n) is 5.10. The number of hydrogen-bond donors (Lipinski definition) is 0. The van der Waals surface area contributed by atoms with Gasteiger partial charge in [0.05, 0.1) is 23.9 Å². The lowest BCUT2D eigenvalue weighted by atomic mass is 10.2. The molecule has 0 radical (unpaired) electrons. The van der Waals surface area contributed by atoms with Crippen molar-refractivity contribution in [3.63, 3.8) is 0 Å². The zero-order valence-electron chi connectivity index (χ0n) is 9.53. The van der Waals surface area contributed by atoms with Crippen LogP contribution < -0.4 is 9.64 Å². The lowest BCUT2D eigenvalue weighted by molar-refractivity contribution is 0.415. The predicted octanol–water partition coefficient (Wildman–Crippen LogP) is 3.09. The number of ether oxygens (including phenoxy) is 1. The van der Waals surface area contributed by atoms with Crippen LogP contribution >= 0.6 is 11.6 Å². The fourth-order valence-electron chi connectivity index (χ4n) is 1.44. The number of halogens is 1. The van der Waals surface area contributed by atoms with Crippen molar-refractivity contribution in [1.29, 1.82) is 5.26 Å². The quantitative estimate of drug-likeness (QED) is 0.740. The van der Waals surface area contributed by atoms with E-state index < -0.39 is 0 Å².